The minimum absolute atomic E-state index is 0.183. The molecule has 6 aromatic rings. The van der Waals surface area contributed by atoms with E-state index in [-0.39, 0.29) is 12.2 Å². The molecule has 1 unspecified atom stereocenters. The molecule has 6 heteroatoms. The summed E-state index contributed by atoms with van der Waals surface area (Å²) in [5.41, 5.74) is 5.47. The molecule has 2 aromatic heterocycles. The Morgan fingerprint density at radius 3 is 1.75 bits per heavy atom. The van der Waals surface area contributed by atoms with Gasteiger partial charge >= 0.3 is 0 Å². The maximum atomic E-state index is 14.3. The Balaban J connectivity index is 1.51. The van der Waals surface area contributed by atoms with Crippen LogP contribution in [-0.4, -0.2) is 15.3 Å². The first-order chi connectivity index (χ1) is 17.5. The maximum absolute atomic E-state index is 14.3. The van der Waals surface area contributed by atoms with Gasteiger partial charge in [0.25, 0.3) is 0 Å². The molecule has 176 valence electrons. The lowest BCUT2D eigenvalue weighted by Gasteiger charge is -2.15. The van der Waals surface area contributed by atoms with Crippen molar-refractivity contribution in [2.75, 3.05) is 0 Å². The summed E-state index contributed by atoms with van der Waals surface area (Å²) in [6.07, 6.45) is 2.33. The first-order valence-corrected chi connectivity index (χ1v) is 11.6. The van der Waals surface area contributed by atoms with Crippen molar-refractivity contribution in [2.24, 2.45) is 0 Å². The fourth-order valence-corrected chi connectivity index (χ4v) is 5.49. The van der Waals surface area contributed by atoms with E-state index in [4.69, 9.17) is 0 Å². The van der Waals surface area contributed by atoms with Crippen LogP contribution in [0.15, 0.2) is 84.9 Å². The molecule has 36 heavy (non-hydrogen) atoms. The molecule has 0 saturated carbocycles. The first kappa shape index (κ1) is 21.0. The van der Waals surface area contributed by atoms with E-state index in [9.17, 15) is 17.6 Å². The van der Waals surface area contributed by atoms with E-state index in [0.717, 1.165) is 39.2 Å². The largest absolute Gasteiger partial charge is 0.310 e. The van der Waals surface area contributed by atoms with Crippen LogP contribution in [0.2, 0.25) is 0 Å². The number of hydrogen-bond donors (Lipinski definition) is 0. The molecule has 2 heterocycles. The van der Waals surface area contributed by atoms with E-state index >= 15 is 0 Å². The topological polar surface area (TPSA) is 9.86 Å². The van der Waals surface area contributed by atoms with E-state index in [0.29, 0.717) is 16.2 Å². The summed E-state index contributed by atoms with van der Waals surface area (Å²) in [5, 5.41) is 1.92. The molecule has 7 rings (SSSR count). The Hall–Kier alpha value is -4.32. The fraction of sp³-hybridized carbons (Fsp3) is 0.0667. The van der Waals surface area contributed by atoms with Crippen molar-refractivity contribution in [3.63, 3.8) is 0 Å². The normalized spacial score (nSPS) is 15.3. The second-order valence-electron chi connectivity index (χ2n) is 9.12. The summed E-state index contributed by atoms with van der Waals surface area (Å²) < 4.78 is 60.6. The van der Waals surface area contributed by atoms with Crippen LogP contribution in [0.5, 0.6) is 0 Å². The van der Waals surface area contributed by atoms with Gasteiger partial charge in [-0.25, -0.2) is 17.6 Å². The Labute approximate surface area is 203 Å². The maximum Gasteiger partial charge on any atom is 0.123 e. The summed E-state index contributed by atoms with van der Waals surface area (Å²) in [6, 6.07) is 21.3. The van der Waals surface area contributed by atoms with Crippen molar-refractivity contribution < 1.29 is 17.6 Å². The van der Waals surface area contributed by atoms with Crippen LogP contribution in [-0.2, 0) is 6.42 Å². The first-order valence-electron chi connectivity index (χ1n) is 11.6. The van der Waals surface area contributed by atoms with E-state index in [1.807, 2.05) is 33.4 Å². The number of hydrogen-bond acceptors (Lipinski definition) is 0. The molecule has 2 nitrogen and oxygen atoms in total. The summed E-state index contributed by atoms with van der Waals surface area (Å²) in [5.74, 6) is -1.16. The lowest BCUT2D eigenvalue weighted by Crippen LogP contribution is -2.08. The third-order valence-corrected chi connectivity index (χ3v) is 6.97. The zero-order valence-corrected chi connectivity index (χ0v) is 18.9. The van der Waals surface area contributed by atoms with Crippen LogP contribution in [0.4, 0.5) is 17.6 Å². The average molecular weight is 482 g/mol. The van der Waals surface area contributed by atoms with Gasteiger partial charge in [0.05, 0.1) is 16.6 Å². The molecule has 0 saturated heterocycles. The van der Waals surface area contributed by atoms with Crippen molar-refractivity contribution in [3.8, 4) is 11.4 Å². The molecule has 4 aromatic carbocycles. The van der Waals surface area contributed by atoms with Crippen LogP contribution >= 0.6 is 0 Å². The Morgan fingerprint density at radius 1 is 0.611 bits per heavy atom. The fourth-order valence-electron chi connectivity index (χ4n) is 5.49. The molecule has 1 aliphatic carbocycles. The third-order valence-electron chi connectivity index (χ3n) is 6.97. The SMILES string of the molecule is Fc1ccc2c(c1)c1c(n2-c2cccc(-n3c4ccc(F)cc4c4cc(F)ccc43)c2)C=CC(F)C1. The van der Waals surface area contributed by atoms with E-state index in [1.54, 1.807) is 24.3 Å². The zero-order valence-electron chi connectivity index (χ0n) is 18.9. The van der Waals surface area contributed by atoms with Gasteiger partial charge in [-0.2, -0.15) is 0 Å². The number of allylic oxidation sites excluding steroid dienone is 1. The third kappa shape index (κ3) is 3.04. The number of alkyl halides is 1. The number of aromatic nitrogens is 2. The molecule has 0 aliphatic heterocycles. The highest BCUT2D eigenvalue weighted by Gasteiger charge is 2.23. The number of benzene rings is 4. The van der Waals surface area contributed by atoms with E-state index < -0.39 is 17.8 Å². The highest BCUT2D eigenvalue weighted by Crippen LogP contribution is 2.37. The van der Waals surface area contributed by atoms with Crippen LogP contribution in [0.1, 0.15) is 11.3 Å². The predicted molar refractivity (Wildman–Crippen MR) is 135 cm³/mol. The summed E-state index contributed by atoms with van der Waals surface area (Å²) >= 11 is 0. The monoisotopic (exact) mass is 482 g/mol. The number of nitrogens with zero attached hydrogens (tertiary/aromatic N) is 2. The lowest BCUT2D eigenvalue weighted by molar-refractivity contribution is 0.397. The van der Waals surface area contributed by atoms with Crippen molar-refractivity contribution in [3.05, 3.63) is 114 Å². The molecule has 1 aliphatic rings. The highest BCUT2D eigenvalue weighted by molar-refractivity contribution is 6.09. The zero-order chi connectivity index (χ0) is 24.6. The van der Waals surface area contributed by atoms with E-state index in [1.165, 1.54) is 42.5 Å². The van der Waals surface area contributed by atoms with Crippen molar-refractivity contribution in [1.82, 2.24) is 9.13 Å². The van der Waals surface area contributed by atoms with Gasteiger partial charge in [0.15, 0.2) is 0 Å². The van der Waals surface area contributed by atoms with Gasteiger partial charge in [0.2, 0.25) is 0 Å². The number of fused-ring (bicyclic) bond motifs is 6. The van der Waals surface area contributed by atoms with Crippen molar-refractivity contribution in [1.29, 1.82) is 0 Å². The molecule has 1 atom stereocenters. The Kier molecular flexibility index (Phi) is 4.43. The van der Waals surface area contributed by atoms with Gasteiger partial charge < -0.3 is 9.13 Å². The van der Waals surface area contributed by atoms with Crippen LogP contribution in [0.25, 0.3) is 50.2 Å². The quantitative estimate of drug-likeness (QED) is 0.221. The van der Waals surface area contributed by atoms with Crippen molar-refractivity contribution >= 4 is 38.8 Å². The summed E-state index contributed by atoms with van der Waals surface area (Å²) in [6.45, 7) is 0. The van der Waals surface area contributed by atoms with Gasteiger partial charge in [0.1, 0.15) is 23.6 Å². The van der Waals surface area contributed by atoms with Crippen molar-refractivity contribution in [2.45, 2.75) is 12.6 Å². The lowest BCUT2D eigenvalue weighted by atomic mass is 9.99. The Bertz CT molecular complexity index is 1820. The van der Waals surface area contributed by atoms with Gasteiger partial charge in [0, 0.05) is 39.6 Å². The van der Waals surface area contributed by atoms with Crippen LogP contribution in [0.3, 0.4) is 0 Å². The molecule has 0 radical (unpaired) electrons. The highest BCUT2D eigenvalue weighted by atomic mass is 19.1. The van der Waals surface area contributed by atoms with Crippen LogP contribution < -0.4 is 0 Å². The molecule has 0 bridgehead atoms. The number of halogens is 4. The predicted octanol–water partition coefficient (Wildman–Crippen LogP) is 8.05. The van der Waals surface area contributed by atoms with Gasteiger partial charge in [-0.15, -0.1) is 0 Å². The minimum atomic E-state index is -1.12. The standard InChI is InChI=1S/C30H18F4N2/c31-17-4-8-27-23(12-17)24-13-18(32)5-9-28(24)35(27)21-2-1-3-22(16-21)36-29-10-6-19(33)14-25(29)26-15-20(34)7-11-30(26)36/h1-14,16,20H,15H2. The molecular formula is C30H18F4N2. The molecule has 0 N–H and O–H groups in total. The molecular weight excluding hydrogens is 464 g/mol. The van der Waals surface area contributed by atoms with Crippen LogP contribution in [0, 0.1) is 17.5 Å². The summed E-state index contributed by atoms with van der Waals surface area (Å²) in [4.78, 5) is 0. The van der Waals surface area contributed by atoms with E-state index in [2.05, 4.69) is 0 Å². The average Bonchev–Trinajstić information content (AvgIpc) is 3.35. The second-order valence-corrected chi connectivity index (χ2v) is 9.12. The molecule has 0 amide bonds. The summed E-state index contributed by atoms with van der Waals surface area (Å²) in [7, 11) is 0. The van der Waals surface area contributed by atoms with Gasteiger partial charge in [-0.3, -0.25) is 0 Å². The second kappa shape index (κ2) is 7.59. The minimum Gasteiger partial charge on any atom is -0.310 e. The van der Waals surface area contributed by atoms with Gasteiger partial charge in [-0.1, -0.05) is 6.07 Å². The van der Waals surface area contributed by atoms with Gasteiger partial charge in [-0.05, 0) is 90.5 Å². The Morgan fingerprint density at radius 2 is 1.14 bits per heavy atom. The molecule has 0 fully saturated rings. The molecule has 0 spiro atoms. The number of rotatable bonds is 2. The smallest absolute Gasteiger partial charge is 0.123 e.